The summed E-state index contributed by atoms with van der Waals surface area (Å²) in [5, 5.41) is 3.70. The molecule has 1 fully saturated rings. The molecule has 1 aromatic rings. The molecule has 1 aromatic carbocycles. The van der Waals surface area contributed by atoms with E-state index >= 15 is 0 Å². The fourth-order valence-corrected chi connectivity index (χ4v) is 3.15. The zero-order valence-electron chi connectivity index (χ0n) is 12.7. The summed E-state index contributed by atoms with van der Waals surface area (Å²) < 4.78 is 10.6. The summed E-state index contributed by atoms with van der Waals surface area (Å²) in [6.07, 6.45) is 5.33. The van der Waals surface area contributed by atoms with Crippen LogP contribution in [0.3, 0.4) is 0 Å². The molecule has 0 saturated heterocycles. The highest BCUT2D eigenvalue weighted by atomic mass is 16.5. The van der Waals surface area contributed by atoms with E-state index in [1.807, 2.05) is 0 Å². The summed E-state index contributed by atoms with van der Waals surface area (Å²) in [7, 11) is 3.47. The SMILES string of the molecule is COCC(CNC1CCCCC1c1ccccc1)OC. The van der Waals surface area contributed by atoms with Crippen LogP contribution in [0.4, 0.5) is 0 Å². The predicted octanol–water partition coefficient (Wildman–Crippen LogP) is 2.96. The molecule has 0 heterocycles. The van der Waals surface area contributed by atoms with Crippen LogP contribution < -0.4 is 5.32 Å². The average Bonchev–Trinajstić information content (AvgIpc) is 2.52. The quantitative estimate of drug-likeness (QED) is 0.831. The highest BCUT2D eigenvalue weighted by Gasteiger charge is 2.26. The van der Waals surface area contributed by atoms with Gasteiger partial charge in [0, 0.05) is 26.8 Å². The van der Waals surface area contributed by atoms with E-state index in [-0.39, 0.29) is 6.10 Å². The molecule has 3 unspecified atom stereocenters. The summed E-state index contributed by atoms with van der Waals surface area (Å²) in [5.41, 5.74) is 1.46. The van der Waals surface area contributed by atoms with E-state index in [1.54, 1.807) is 14.2 Å². The summed E-state index contributed by atoms with van der Waals surface area (Å²) >= 11 is 0. The molecule has 1 saturated carbocycles. The maximum absolute atomic E-state index is 5.44. The molecule has 1 aliphatic rings. The minimum Gasteiger partial charge on any atom is -0.382 e. The van der Waals surface area contributed by atoms with Crippen molar-refractivity contribution in [3.05, 3.63) is 35.9 Å². The Morgan fingerprint density at radius 3 is 2.60 bits per heavy atom. The van der Waals surface area contributed by atoms with Crippen molar-refractivity contribution in [3.63, 3.8) is 0 Å². The van der Waals surface area contributed by atoms with Crippen LogP contribution in [0.5, 0.6) is 0 Å². The van der Waals surface area contributed by atoms with E-state index in [0.29, 0.717) is 18.6 Å². The Labute approximate surface area is 122 Å². The van der Waals surface area contributed by atoms with E-state index in [0.717, 1.165) is 6.54 Å². The van der Waals surface area contributed by atoms with Gasteiger partial charge in [-0.25, -0.2) is 0 Å². The first-order valence-electron chi connectivity index (χ1n) is 7.65. The Kier molecular flexibility index (Phi) is 6.51. The predicted molar refractivity (Wildman–Crippen MR) is 82.1 cm³/mol. The van der Waals surface area contributed by atoms with Crippen LogP contribution in [0.2, 0.25) is 0 Å². The second-order valence-corrected chi connectivity index (χ2v) is 5.63. The molecule has 0 aromatic heterocycles. The standard InChI is InChI=1S/C17H27NO2/c1-19-13-15(20-2)12-18-17-11-7-6-10-16(17)14-8-4-3-5-9-14/h3-5,8-9,15-18H,6-7,10-13H2,1-2H3. The van der Waals surface area contributed by atoms with Gasteiger partial charge in [-0.2, -0.15) is 0 Å². The van der Waals surface area contributed by atoms with Gasteiger partial charge in [-0.3, -0.25) is 0 Å². The van der Waals surface area contributed by atoms with Crippen molar-refractivity contribution >= 4 is 0 Å². The lowest BCUT2D eigenvalue weighted by atomic mass is 9.80. The van der Waals surface area contributed by atoms with Crippen LogP contribution in [0.1, 0.15) is 37.2 Å². The van der Waals surface area contributed by atoms with E-state index < -0.39 is 0 Å². The van der Waals surface area contributed by atoms with Gasteiger partial charge in [-0.1, -0.05) is 43.2 Å². The molecule has 1 N–H and O–H groups in total. The van der Waals surface area contributed by atoms with Crippen molar-refractivity contribution in [1.82, 2.24) is 5.32 Å². The normalized spacial score (nSPS) is 24.5. The first kappa shape index (κ1) is 15.5. The van der Waals surface area contributed by atoms with E-state index in [2.05, 4.69) is 35.6 Å². The third-order valence-electron chi connectivity index (χ3n) is 4.29. The second-order valence-electron chi connectivity index (χ2n) is 5.63. The second kappa shape index (κ2) is 8.40. The lowest BCUT2D eigenvalue weighted by Crippen LogP contribution is -2.42. The number of methoxy groups -OCH3 is 2. The Hall–Kier alpha value is -0.900. The number of ether oxygens (including phenoxy) is 2. The van der Waals surface area contributed by atoms with Gasteiger partial charge in [0.25, 0.3) is 0 Å². The van der Waals surface area contributed by atoms with Crippen molar-refractivity contribution in [2.24, 2.45) is 0 Å². The van der Waals surface area contributed by atoms with Crippen molar-refractivity contribution in [2.45, 2.75) is 43.7 Å². The molecule has 0 aliphatic heterocycles. The summed E-state index contributed by atoms with van der Waals surface area (Å²) in [6.45, 7) is 1.50. The van der Waals surface area contributed by atoms with Crippen molar-refractivity contribution < 1.29 is 9.47 Å². The summed E-state index contributed by atoms with van der Waals surface area (Å²) in [5.74, 6) is 0.630. The highest BCUT2D eigenvalue weighted by Crippen LogP contribution is 2.32. The molecule has 20 heavy (non-hydrogen) atoms. The number of nitrogens with one attached hydrogen (secondary N) is 1. The van der Waals surface area contributed by atoms with E-state index in [4.69, 9.17) is 9.47 Å². The number of hydrogen-bond donors (Lipinski definition) is 1. The molecule has 3 heteroatoms. The van der Waals surface area contributed by atoms with Gasteiger partial charge in [0.1, 0.15) is 0 Å². The van der Waals surface area contributed by atoms with Crippen LogP contribution in [0, 0.1) is 0 Å². The molecular weight excluding hydrogens is 250 g/mol. The van der Waals surface area contributed by atoms with E-state index in [1.165, 1.54) is 31.2 Å². The van der Waals surface area contributed by atoms with Gasteiger partial charge >= 0.3 is 0 Å². The highest BCUT2D eigenvalue weighted by molar-refractivity contribution is 5.22. The van der Waals surface area contributed by atoms with Gasteiger partial charge in [-0.05, 0) is 24.3 Å². The number of benzene rings is 1. The van der Waals surface area contributed by atoms with Crippen LogP contribution in [-0.2, 0) is 9.47 Å². The lowest BCUT2D eigenvalue weighted by Gasteiger charge is -2.33. The Balaban J connectivity index is 1.93. The maximum atomic E-state index is 5.44. The first-order valence-corrected chi connectivity index (χ1v) is 7.65. The average molecular weight is 277 g/mol. The van der Waals surface area contributed by atoms with Gasteiger partial charge < -0.3 is 14.8 Å². The van der Waals surface area contributed by atoms with Gasteiger partial charge in [0.2, 0.25) is 0 Å². The summed E-state index contributed by atoms with van der Waals surface area (Å²) in [4.78, 5) is 0. The van der Waals surface area contributed by atoms with Gasteiger partial charge in [0.15, 0.2) is 0 Å². The van der Waals surface area contributed by atoms with E-state index in [9.17, 15) is 0 Å². The largest absolute Gasteiger partial charge is 0.382 e. The van der Waals surface area contributed by atoms with Crippen molar-refractivity contribution in [3.8, 4) is 0 Å². The zero-order chi connectivity index (χ0) is 14.2. The molecule has 112 valence electrons. The van der Waals surface area contributed by atoms with Gasteiger partial charge in [0.05, 0.1) is 12.7 Å². The maximum Gasteiger partial charge on any atom is 0.0928 e. The smallest absolute Gasteiger partial charge is 0.0928 e. The molecule has 0 spiro atoms. The zero-order valence-corrected chi connectivity index (χ0v) is 12.7. The molecule has 0 amide bonds. The fraction of sp³-hybridized carbons (Fsp3) is 0.647. The molecule has 3 atom stereocenters. The molecular formula is C17H27NO2. The summed E-state index contributed by atoms with van der Waals surface area (Å²) in [6, 6.07) is 11.4. The van der Waals surface area contributed by atoms with Gasteiger partial charge in [-0.15, -0.1) is 0 Å². The monoisotopic (exact) mass is 277 g/mol. The third kappa shape index (κ3) is 4.30. The van der Waals surface area contributed by atoms with Crippen molar-refractivity contribution in [1.29, 1.82) is 0 Å². The Bertz CT molecular complexity index is 369. The van der Waals surface area contributed by atoms with Crippen LogP contribution in [0.15, 0.2) is 30.3 Å². The molecule has 1 aliphatic carbocycles. The molecule has 3 nitrogen and oxygen atoms in total. The minimum atomic E-state index is 0.137. The van der Waals surface area contributed by atoms with Crippen LogP contribution >= 0.6 is 0 Å². The third-order valence-corrected chi connectivity index (χ3v) is 4.29. The number of hydrogen-bond acceptors (Lipinski definition) is 3. The molecule has 0 bridgehead atoms. The van der Waals surface area contributed by atoms with Crippen LogP contribution in [0.25, 0.3) is 0 Å². The molecule has 0 radical (unpaired) electrons. The topological polar surface area (TPSA) is 30.5 Å². The van der Waals surface area contributed by atoms with Crippen molar-refractivity contribution in [2.75, 3.05) is 27.4 Å². The molecule has 2 rings (SSSR count). The minimum absolute atomic E-state index is 0.137. The lowest BCUT2D eigenvalue weighted by molar-refractivity contribution is 0.0261. The first-order chi connectivity index (χ1) is 9.85. The Morgan fingerprint density at radius 2 is 1.90 bits per heavy atom. The number of rotatable bonds is 7. The fourth-order valence-electron chi connectivity index (χ4n) is 3.15. The Morgan fingerprint density at radius 1 is 1.15 bits per heavy atom. The van der Waals surface area contributed by atoms with Crippen LogP contribution in [-0.4, -0.2) is 39.5 Å².